The van der Waals surface area contributed by atoms with Crippen LogP contribution in [0, 0.1) is 0 Å². The highest BCUT2D eigenvalue weighted by Crippen LogP contribution is 2.27. The van der Waals surface area contributed by atoms with E-state index < -0.39 is 0 Å². The molecule has 1 aliphatic rings. The van der Waals surface area contributed by atoms with Gasteiger partial charge in [-0.1, -0.05) is 23.7 Å². The molecule has 1 aliphatic carbocycles. The van der Waals surface area contributed by atoms with Crippen LogP contribution >= 0.6 is 11.6 Å². The van der Waals surface area contributed by atoms with Gasteiger partial charge in [-0.05, 0) is 75.9 Å². The van der Waals surface area contributed by atoms with Crippen LogP contribution < -0.4 is 4.74 Å². The molecule has 1 aromatic heterocycles. The Kier molecular flexibility index (Phi) is 6.56. The van der Waals surface area contributed by atoms with Gasteiger partial charge in [0.2, 0.25) is 11.8 Å². The third-order valence-electron chi connectivity index (χ3n) is 5.47. The molecule has 1 saturated carbocycles. The van der Waals surface area contributed by atoms with Crippen LogP contribution in [0.25, 0.3) is 11.5 Å². The van der Waals surface area contributed by atoms with Crippen LogP contribution in [0.4, 0.5) is 0 Å². The number of hydrogen-bond donors (Lipinski definition) is 0. The second-order valence-corrected chi connectivity index (χ2v) is 8.46. The van der Waals surface area contributed by atoms with E-state index in [1.54, 1.807) is 11.0 Å². The smallest absolute Gasteiger partial charge is 0.254 e. The zero-order valence-corrected chi connectivity index (χ0v) is 18.5. The molecule has 0 saturated heterocycles. The Balaban J connectivity index is 1.46. The van der Waals surface area contributed by atoms with E-state index >= 15 is 0 Å². The molecule has 0 bridgehead atoms. The molecule has 1 heterocycles. The number of ether oxygens (including phenoxy) is 1. The molecule has 0 N–H and O–H groups in total. The number of benzene rings is 2. The molecule has 2 aromatic carbocycles. The summed E-state index contributed by atoms with van der Waals surface area (Å²) in [5.41, 5.74) is 1.27. The first-order valence-electron chi connectivity index (χ1n) is 10.7. The Bertz CT molecular complexity index is 1030. The fourth-order valence-electron chi connectivity index (χ4n) is 3.74. The number of halogens is 1. The van der Waals surface area contributed by atoms with Gasteiger partial charge in [0.15, 0.2) is 0 Å². The van der Waals surface area contributed by atoms with E-state index in [4.69, 9.17) is 20.8 Å². The molecule has 0 radical (unpaired) electrons. The van der Waals surface area contributed by atoms with Crippen molar-refractivity contribution in [2.24, 2.45) is 0 Å². The van der Waals surface area contributed by atoms with Crippen LogP contribution in [0.3, 0.4) is 0 Å². The van der Waals surface area contributed by atoms with E-state index in [1.165, 1.54) is 12.8 Å². The molecule has 7 heteroatoms. The second-order valence-electron chi connectivity index (χ2n) is 8.06. The predicted octanol–water partition coefficient (Wildman–Crippen LogP) is 5.76. The van der Waals surface area contributed by atoms with Crippen molar-refractivity contribution in [3.8, 4) is 17.2 Å². The molecule has 6 nitrogen and oxygen atoms in total. The van der Waals surface area contributed by atoms with Crippen molar-refractivity contribution in [3.05, 3.63) is 65.0 Å². The summed E-state index contributed by atoms with van der Waals surface area (Å²) in [6.45, 7) is 4.13. The van der Waals surface area contributed by atoms with Crippen LogP contribution in [0.2, 0.25) is 5.02 Å². The highest BCUT2D eigenvalue weighted by Gasteiger charge is 2.23. The lowest BCUT2D eigenvalue weighted by Crippen LogP contribution is -2.36. The SMILES string of the molecule is CC(C)N(Cc1nnc(-c2ccccc2Cl)o1)C(=O)c1ccc(OC2CCCC2)cc1. The Morgan fingerprint density at radius 3 is 2.52 bits per heavy atom. The number of carbonyl (C=O) groups excluding carboxylic acids is 1. The Morgan fingerprint density at radius 1 is 1.13 bits per heavy atom. The molecule has 0 spiro atoms. The first-order valence-corrected chi connectivity index (χ1v) is 11.0. The molecule has 31 heavy (non-hydrogen) atoms. The van der Waals surface area contributed by atoms with E-state index in [-0.39, 0.29) is 18.5 Å². The molecule has 0 unspecified atom stereocenters. The number of hydrogen-bond acceptors (Lipinski definition) is 5. The maximum atomic E-state index is 13.2. The quantitative estimate of drug-likeness (QED) is 0.468. The first kappa shape index (κ1) is 21.4. The molecule has 0 atom stereocenters. The number of rotatable bonds is 7. The minimum atomic E-state index is -0.0973. The molecule has 0 aliphatic heterocycles. The van der Waals surface area contributed by atoms with Crippen molar-refractivity contribution in [1.29, 1.82) is 0 Å². The lowest BCUT2D eigenvalue weighted by Gasteiger charge is -2.25. The zero-order valence-electron chi connectivity index (χ0n) is 17.8. The number of amides is 1. The van der Waals surface area contributed by atoms with Gasteiger partial charge in [-0.2, -0.15) is 0 Å². The number of aromatic nitrogens is 2. The topological polar surface area (TPSA) is 68.5 Å². The van der Waals surface area contributed by atoms with Crippen LogP contribution in [-0.4, -0.2) is 33.2 Å². The van der Waals surface area contributed by atoms with Crippen molar-refractivity contribution >= 4 is 17.5 Å². The van der Waals surface area contributed by atoms with Crippen molar-refractivity contribution < 1.29 is 13.9 Å². The summed E-state index contributed by atoms with van der Waals surface area (Å²) >= 11 is 6.22. The summed E-state index contributed by atoms with van der Waals surface area (Å²) in [6, 6.07) is 14.6. The van der Waals surface area contributed by atoms with Crippen molar-refractivity contribution in [2.45, 2.75) is 58.2 Å². The van der Waals surface area contributed by atoms with Crippen LogP contribution in [0.1, 0.15) is 55.8 Å². The summed E-state index contributed by atoms with van der Waals surface area (Å²) in [5.74, 6) is 1.41. The normalized spacial score (nSPS) is 14.2. The fourth-order valence-corrected chi connectivity index (χ4v) is 3.95. The Hall–Kier alpha value is -2.86. The van der Waals surface area contributed by atoms with Gasteiger partial charge in [-0.15, -0.1) is 10.2 Å². The van der Waals surface area contributed by atoms with Crippen molar-refractivity contribution in [2.75, 3.05) is 0 Å². The summed E-state index contributed by atoms with van der Waals surface area (Å²) in [4.78, 5) is 14.9. The van der Waals surface area contributed by atoms with Gasteiger partial charge in [0, 0.05) is 11.6 Å². The largest absolute Gasteiger partial charge is 0.490 e. The fraction of sp³-hybridized carbons (Fsp3) is 0.375. The number of carbonyl (C=O) groups is 1. The molecular formula is C24H26ClN3O3. The minimum absolute atomic E-state index is 0.0439. The highest BCUT2D eigenvalue weighted by atomic mass is 35.5. The zero-order chi connectivity index (χ0) is 21.8. The summed E-state index contributed by atoms with van der Waals surface area (Å²) < 4.78 is 11.8. The molecule has 1 fully saturated rings. The van der Waals surface area contributed by atoms with Gasteiger partial charge in [-0.25, -0.2) is 0 Å². The van der Waals surface area contributed by atoms with E-state index in [0.29, 0.717) is 34.0 Å². The van der Waals surface area contributed by atoms with Crippen LogP contribution in [0.5, 0.6) is 5.75 Å². The van der Waals surface area contributed by atoms with Gasteiger partial charge >= 0.3 is 0 Å². The van der Waals surface area contributed by atoms with Gasteiger partial charge in [0.05, 0.1) is 23.2 Å². The summed E-state index contributed by atoms with van der Waals surface area (Å²) in [5, 5.41) is 8.75. The van der Waals surface area contributed by atoms with E-state index in [0.717, 1.165) is 18.6 Å². The summed E-state index contributed by atoms with van der Waals surface area (Å²) in [7, 11) is 0. The maximum absolute atomic E-state index is 13.2. The van der Waals surface area contributed by atoms with E-state index in [2.05, 4.69) is 10.2 Å². The predicted molar refractivity (Wildman–Crippen MR) is 119 cm³/mol. The van der Waals surface area contributed by atoms with Gasteiger partial charge in [0.25, 0.3) is 5.91 Å². The molecular weight excluding hydrogens is 414 g/mol. The molecule has 1 amide bonds. The molecule has 162 valence electrons. The lowest BCUT2D eigenvalue weighted by molar-refractivity contribution is 0.0672. The van der Waals surface area contributed by atoms with Crippen LogP contribution in [-0.2, 0) is 6.54 Å². The van der Waals surface area contributed by atoms with Crippen LogP contribution in [0.15, 0.2) is 52.9 Å². The first-order chi connectivity index (χ1) is 15.0. The summed E-state index contributed by atoms with van der Waals surface area (Å²) in [6.07, 6.45) is 4.93. The minimum Gasteiger partial charge on any atom is -0.490 e. The van der Waals surface area contributed by atoms with Crippen molar-refractivity contribution in [3.63, 3.8) is 0 Å². The molecule has 4 rings (SSSR count). The second kappa shape index (κ2) is 9.52. The highest BCUT2D eigenvalue weighted by molar-refractivity contribution is 6.33. The monoisotopic (exact) mass is 439 g/mol. The van der Waals surface area contributed by atoms with Gasteiger partial charge in [0.1, 0.15) is 5.75 Å². The average Bonchev–Trinajstić information content (AvgIpc) is 3.44. The third kappa shape index (κ3) is 5.07. The average molecular weight is 440 g/mol. The van der Waals surface area contributed by atoms with Gasteiger partial charge < -0.3 is 14.1 Å². The standard InChI is InChI=1S/C24H26ClN3O3/c1-16(2)28(15-22-26-27-23(31-22)20-9-5-6-10-21(20)25)24(29)17-11-13-19(14-12-17)30-18-7-3-4-8-18/h5-6,9-14,16,18H,3-4,7-8,15H2,1-2H3. The molecule has 3 aromatic rings. The maximum Gasteiger partial charge on any atom is 0.254 e. The Labute approximate surface area is 187 Å². The van der Waals surface area contributed by atoms with E-state index in [1.807, 2.05) is 56.3 Å². The Morgan fingerprint density at radius 2 is 1.84 bits per heavy atom. The third-order valence-corrected chi connectivity index (χ3v) is 5.80. The lowest BCUT2D eigenvalue weighted by atomic mass is 10.1. The number of nitrogens with zero attached hydrogens (tertiary/aromatic N) is 3. The van der Waals surface area contributed by atoms with Crippen molar-refractivity contribution in [1.82, 2.24) is 15.1 Å². The van der Waals surface area contributed by atoms with Gasteiger partial charge in [-0.3, -0.25) is 4.79 Å². The van der Waals surface area contributed by atoms with E-state index in [9.17, 15) is 4.79 Å².